The molecule has 0 spiro atoms. The van der Waals surface area contributed by atoms with Crippen LogP contribution in [0.2, 0.25) is 0 Å². The summed E-state index contributed by atoms with van der Waals surface area (Å²) in [4.78, 5) is 15.5. The predicted octanol–water partition coefficient (Wildman–Crippen LogP) is 2.56. The number of pyridine rings is 1. The summed E-state index contributed by atoms with van der Waals surface area (Å²) in [6.45, 7) is 0. The molecule has 1 amide bonds. The second kappa shape index (κ2) is 6.47. The number of nitrogens with one attached hydrogen (secondary N) is 2. The van der Waals surface area contributed by atoms with Gasteiger partial charge in [0.15, 0.2) is 0 Å². The van der Waals surface area contributed by atoms with Gasteiger partial charge in [-0.15, -0.1) is 0 Å². The first kappa shape index (κ1) is 15.1. The third-order valence-corrected chi connectivity index (χ3v) is 3.21. The van der Waals surface area contributed by atoms with Gasteiger partial charge in [-0.25, -0.2) is 14.9 Å². The summed E-state index contributed by atoms with van der Waals surface area (Å²) in [6, 6.07) is 8.92. The van der Waals surface area contributed by atoms with Crippen molar-refractivity contribution < 1.29 is 14.4 Å². The van der Waals surface area contributed by atoms with E-state index in [4.69, 9.17) is 10.5 Å². The SMILES string of the molecule is N#Cc1ccc(C(=O)NO)c(Nc2ccc(I)cc2F)n1. The lowest BCUT2D eigenvalue weighted by molar-refractivity contribution is 0.0707. The summed E-state index contributed by atoms with van der Waals surface area (Å²) in [5.41, 5.74) is 1.61. The monoisotopic (exact) mass is 398 g/mol. The maximum absolute atomic E-state index is 13.8. The zero-order valence-electron chi connectivity index (χ0n) is 10.4. The number of hydrogen-bond acceptors (Lipinski definition) is 5. The van der Waals surface area contributed by atoms with Crippen molar-refractivity contribution in [1.29, 1.82) is 5.26 Å². The maximum Gasteiger partial charge on any atom is 0.278 e. The zero-order valence-corrected chi connectivity index (χ0v) is 12.6. The molecule has 106 valence electrons. The number of anilines is 2. The molecule has 0 saturated heterocycles. The lowest BCUT2D eigenvalue weighted by atomic mass is 10.2. The third kappa shape index (κ3) is 3.45. The molecule has 1 aromatic carbocycles. The van der Waals surface area contributed by atoms with Crippen molar-refractivity contribution in [2.45, 2.75) is 0 Å². The first-order valence-electron chi connectivity index (χ1n) is 5.63. The molecule has 2 rings (SSSR count). The molecule has 0 saturated carbocycles. The molecule has 21 heavy (non-hydrogen) atoms. The maximum atomic E-state index is 13.8. The second-order valence-electron chi connectivity index (χ2n) is 3.89. The van der Waals surface area contributed by atoms with E-state index in [0.29, 0.717) is 3.57 Å². The van der Waals surface area contributed by atoms with Gasteiger partial charge in [0.25, 0.3) is 5.91 Å². The number of hydroxylamine groups is 1. The lowest BCUT2D eigenvalue weighted by Crippen LogP contribution is -2.20. The van der Waals surface area contributed by atoms with Crippen LogP contribution < -0.4 is 10.8 Å². The standard InChI is InChI=1S/C13H8FIN4O2/c14-10-5-7(15)1-4-11(10)18-12-9(13(20)19-21)3-2-8(6-16)17-12/h1-5,21H,(H,17,18)(H,19,20). The Morgan fingerprint density at radius 3 is 2.76 bits per heavy atom. The average Bonchev–Trinajstić information content (AvgIpc) is 2.49. The lowest BCUT2D eigenvalue weighted by Gasteiger charge is -2.11. The van der Waals surface area contributed by atoms with Crippen LogP contribution in [0.4, 0.5) is 15.9 Å². The van der Waals surface area contributed by atoms with Crippen LogP contribution in [0, 0.1) is 20.7 Å². The van der Waals surface area contributed by atoms with Crippen molar-refractivity contribution in [3.63, 3.8) is 0 Å². The molecular weight excluding hydrogens is 390 g/mol. The Kier molecular flexibility index (Phi) is 4.66. The fourth-order valence-corrected chi connectivity index (χ4v) is 2.03. The Bertz CT molecular complexity index is 745. The Hall–Kier alpha value is -2.25. The van der Waals surface area contributed by atoms with Crippen LogP contribution in [0.15, 0.2) is 30.3 Å². The second-order valence-corrected chi connectivity index (χ2v) is 5.14. The number of carbonyl (C=O) groups excluding carboxylic acids is 1. The molecule has 0 aliphatic heterocycles. The molecule has 6 nitrogen and oxygen atoms in total. The highest BCUT2D eigenvalue weighted by atomic mass is 127. The van der Waals surface area contributed by atoms with Gasteiger partial charge in [0.2, 0.25) is 0 Å². The predicted molar refractivity (Wildman–Crippen MR) is 80.6 cm³/mol. The molecule has 1 aromatic heterocycles. The molecule has 8 heteroatoms. The number of aromatic nitrogens is 1. The number of nitriles is 1. The molecule has 0 aliphatic carbocycles. The van der Waals surface area contributed by atoms with Crippen molar-refractivity contribution in [2.75, 3.05) is 5.32 Å². The van der Waals surface area contributed by atoms with Gasteiger partial charge in [-0.1, -0.05) is 0 Å². The smallest absolute Gasteiger partial charge is 0.278 e. The van der Waals surface area contributed by atoms with E-state index in [-0.39, 0.29) is 22.8 Å². The van der Waals surface area contributed by atoms with Gasteiger partial charge < -0.3 is 5.32 Å². The van der Waals surface area contributed by atoms with Crippen LogP contribution in [-0.4, -0.2) is 16.1 Å². The molecular formula is C13H8FIN4O2. The van der Waals surface area contributed by atoms with Crippen molar-refractivity contribution in [1.82, 2.24) is 10.5 Å². The Morgan fingerprint density at radius 1 is 1.38 bits per heavy atom. The van der Waals surface area contributed by atoms with E-state index in [1.807, 2.05) is 28.7 Å². The average molecular weight is 398 g/mol. The van der Waals surface area contributed by atoms with Gasteiger partial charge in [-0.2, -0.15) is 5.26 Å². The molecule has 3 N–H and O–H groups in total. The molecule has 0 radical (unpaired) electrons. The first-order chi connectivity index (χ1) is 10.0. The van der Waals surface area contributed by atoms with Gasteiger partial charge in [-0.3, -0.25) is 10.0 Å². The number of rotatable bonds is 3. The fraction of sp³-hybridized carbons (Fsp3) is 0. The minimum absolute atomic E-state index is 0.0190. The van der Waals surface area contributed by atoms with Crippen molar-refractivity contribution in [3.05, 3.63) is 51.0 Å². The highest BCUT2D eigenvalue weighted by Gasteiger charge is 2.15. The normalized spacial score (nSPS) is 9.81. The van der Waals surface area contributed by atoms with Gasteiger partial charge >= 0.3 is 0 Å². The van der Waals surface area contributed by atoms with Crippen molar-refractivity contribution >= 4 is 40.0 Å². The number of hydrogen-bond donors (Lipinski definition) is 3. The Morgan fingerprint density at radius 2 is 2.14 bits per heavy atom. The van der Waals surface area contributed by atoms with Crippen LogP contribution in [0.3, 0.4) is 0 Å². The van der Waals surface area contributed by atoms with Gasteiger partial charge in [0.05, 0.1) is 11.3 Å². The molecule has 0 bridgehead atoms. The molecule has 1 heterocycles. The van der Waals surface area contributed by atoms with E-state index in [0.717, 1.165) is 0 Å². The number of nitrogens with zero attached hydrogens (tertiary/aromatic N) is 2. The number of halogens is 2. The van der Waals surface area contributed by atoms with Gasteiger partial charge in [0.1, 0.15) is 23.4 Å². The van der Waals surface area contributed by atoms with Crippen LogP contribution in [-0.2, 0) is 0 Å². The quantitative estimate of drug-likeness (QED) is 0.420. The molecule has 0 fully saturated rings. The van der Waals surface area contributed by atoms with E-state index in [1.54, 1.807) is 6.07 Å². The highest BCUT2D eigenvalue weighted by Crippen LogP contribution is 2.23. The number of amides is 1. The molecule has 0 unspecified atom stereocenters. The summed E-state index contributed by atoms with van der Waals surface area (Å²) < 4.78 is 14.5. The molecule has 0 aliphatic rings. The first-order valence-corrected chi connectivity index (χ1v) is 6.70. The van der Waals surface area contributed by atoms with Gasteiger partial charge in [-0.05, 0) is 52.9 Å². The summed E-state index contributed by atoms with van der Waals surface area (Å²) in [5, 5.41) is 20.2. The van der Waals surface area contributed by atoms with E-state index >= 15 is 0 Å². The largest absolute Gasteiger partial charge is 0.337 e. The van der Waals surface area contributed by atoms with Crippen LogP contribution in [0.1, 0.15) is 16.1 Å². The summed E-state index contributed by atoms with van der Waals surface area (Å²) in [5.74, 6) is -1.37. The van der Waals surface area contributed by atoms with Crippen LogP contribution in [0.5, 0.6) is 0 Å². The Balaban J connectivity index is 2.46. The van der Waals surface area contributed by atoms with E-state index in [1.165, 1.54) is 29.7 Å². The topological polar surface area (TPSA) is 98.0 Å². The summed E-state index contributed by atoms with van der Waals surface area (Å²) in [7, 11) is 0. The highest BCUT2D eigenvalue weighted by molar-refractivity contribution is 14.1. The zero-order chi connectivity index (χ0) is 15.4. The molecule has 2 aromatic rings. The van der Waals surface area contributed by atoms with Crippen LogP contribution >= 0.6 is 22.6 Å². The van der Waals surface area contributed by atoms with Crippen molar-refractivity contribution in [3.8, 4) is 6.07 Å². The van der Waals surface area contributed by atoms with Crippen LogP contribution in [0.25, 0.3) is 0 Å². The molecule has 0 atom stereocenters. The van der Waals surface area contributed by atoms with Crippen molar-refractivity contribution in [2.24, 2.45) is 0 Å². The summed E-state index contributed by atoms with van der Waals surface area (Å²) >= 11 is 1.96. The number of carbonyl (C=O) groups is 1. The summed E-state index contributed by atoms with van der Waals surface area (Å²) in [6.07, 6.45) is 0. The number of benzene rings is 1. The fourth-order valence-electron chi connectivity index (χ4n) is 1.58. The Labute approximate surface area is 132 Å². The third-order valence-electron chi connectivity index (χ3n) is 2.54. The minimum Gasteiger partial charge on any atom is -0.337 e. The van der Waals surface area contributed by atoms with E-state index in [2.05, 4.69) is 10.3 Å². The van der Waals surface area contributed by atoms with Gasteiger partial charge in [0, 0.05) is 3.57 Å². The van der Waals surface area contributed by atoms with E-state index in [9.17, 15) is 9.18 Å². The minimum atomic E-state index is -0.819. The van der Waals surface area contributed by atoms with E-state index < -0.39 is 11.7 Å².